The van der Waals surface area contributed by atoms with Crippen molar-refractivity contribution >= 4 is 27.6 Å². The Labute approximate surface area is 122 Å². The highest BCUT2D eigenvalue weighted by atomic mass is 32.2. The maximum atomic E-state index is 12.1. The summed E-state index contributed by atoms with van der Waals surface area (Å²) in [5, 5.41) is 11.5. The van der Waals surface area contributed by atoms with Crippen LogP contribution in [0.5, 0.6) is 0 Å². The lowest BCUT2D eigenvalue weighted by Gasteiger charge is -2.10. The van der Waals surface area contributed by atoms with Crippen LogP contribution in [0.3, 0.4) is 0 Å². The summed E-state index contributed by atoms with van der Waals surface area (Å²) in [5.41, 5.74) is 5.18. The van der Waals surface area contributed by atoms with Gasteiger partial charge < -0.3 is 16.2 Å². The molecule has 0 saturated carbocycles. The summed E-state index contributed by atoms with van der Waals surface area (Å²) in [4.78, 5) is 21.9. The number of benzene rings is 1. The molecular weight excluding hydrogens is 298 g/mol. The molecule has 5 N–H and O–H groups in total. The Morgan fingerprint density at radius 1 is 1.33 bits per heavy atom. The molecule has 0 radical (unpaired) electrons. The van der Waals surface area contributed by atoms with Gasteiger partial charge in [-0.3, -0.25) is 4.79 Å². The summed E-state index contributed by atoms with van der Waals surface area (Å²) >= 11 is 0. The normalized spacial score (nSPS) is 11.1. The van der Waals surface area contributed by atoms with E-state index in [4.69, 9.17) is 10.8 Å². The topological polar surface area (TPSA) is 139 Å². The van der Waals surface area contributed by atoms with E-state index >= 15 is 0 Å². The molecule has 0 heterocycles. The smallest absolute Gasteiger partial charge is 0.337 e. The fourth-order valence-corrected chi connectivity index (χ4v) is 2.82. The predicted octanol–water partition coefficient (Wildman–Crippen LogP) is -0.228. The Morgan fingerprint density at radius 3 is 2.57 bits per heavy atom. The number of nitrogen functional groups attached to an aromatic ring is 1. The SMILES string of the molecule is CCNC(=O)CCNS(=O)(=O)c1ccc(N)cc1C(=O)O. The van der Waals surface area contributed by atoms with Gasteiger partial charge in [-0.15, -0.1) is 0 Å². The number of carbonyl (C=O) groups is 2. The summed E-state index contributed by atoms with van der Waals surface area (Å²) in [6.07, 6.45) is -0.0373. The maximum absolute atomic E-state index is 12.1. The molecule has 0 spiro atoms. The number of carboxylic acid groups (broad SMARTS) is 1. The van der Waals surface area contributed by atoms with Gasteiger partial charge in [-0.2, -0.15) is 0 Å². The number of amides is 1. The Bertz CT molecular complexity index is 642. The summed E-state index contributed by atoms with van der Waals surface area (Å²) in [7, 11) is -4.03. The zero-order chi connectivity index (χ0) is 16.0. The van der Waals surface area contributed by atoms with Crippen LogP contribution in [-0.2, 0) is 14.8 Å². The third kappa shape index (κ3) is 4.72. The van der Waals surface area contributed by atoms with Crippen LogP contribution in [0.2, 0.25) is 0 Å². The number of carboxylic acids is 1. The number of nitrogens with one attached hydrogen (secondary N) is 2. The molecule has 1 aromatic rings. The molecule has 8 nitrogen and oxygen atoms in total. The van der Waals surface area contributed by atoms with Gasteiger partial charge in [-0.25, -0.2) is 17.9 Å². The van der Waals surface area contributed by atoms with E-state index in [2.05, 4.69) is 10.0 Å². The average Bonchev–Trinajstić information content (AvgIpc) is 2.38. The van der Waals surface area contributed by atoms with Gasteiger partial charge in [0.15, 0.2) is 0 Å². The quantitative estimate of drug-likeness (QED) is 0.513. The van der Waals surface area contributed by atoms with Crippen molar-refractivity contribution in [2.45, 2.75) is 18.2 Å². The molecule has 0 aliphatic heterocycles. The molecule has 0 unspecified atom stereocenters. The molecule has 0 aromatic heterocycles. The molecule has 1 rings (SSSR count). The van der Waals surface area contributed by atoms with Crippen molar-refractivity contribution < 1.29 is 23.1 Å². The zero-order valence-corrected chi connectivity index (χ0v) is 12.2. The lowest BCUT2D eigenvalue weighted by molar-refractivity contribution is -0.120. The first-order chi connectivity index (χ1) is 9.77. The van der Waals surface area contributed by atoms with E-state index in [1.54, 1.807) is 6.92 Å². The molecule has 9 heteroatoms. The standard InChI is InChI=1S/C12H17N3O5S/c1-2-14-11(16)5-6-15-21(19,20)10-4-3-8(13)7-9(10)12(17)18/h3-4,7,15H,2,5-6,13H2,1H3,(H,14,16)(H,17,18). The van der Waals surface area contributed by atoms with Crippen molar-refractivity contribution in [3.05, 3.63) is 23.8 Å². The summed E-state index contributed by atoms with van der Waals surface area (Å²) in [6.45, 7) is 2.07. The molecule has 0 bridgehead atoms. The highest BCUT2D eigenvalue weighted by Gasteiger charge is 2.22. The number of aromatic carboxylic acids is 1. The second kappa shape index (κ2) is 7.04. The highest BCUT2D eigenvalue weighted by Crippen LogP contribution is 2.18. The van der Waals surface area contributed by atoms with Gasteiger partial charge in [0.25, 0.3) is 0 Å². The van der Waals surface area contributed by atoms with Crippen LogP contribution in [-0.4, -0.2) is 38.5 Å². The Morgan fingerprint density at radius 2 is 2.00 bits per heavy atom. The van der Waals surface area contributed by atoms with Crippen molar-refractivity contribution in [2.75, 3.05) is 18.8 Å². The van der Waals surface area contributed by atoms with Crippen molar-refractivity contribution in [2.24, 2.45) is 0 Å². The molecule has 1 amide bonds. The molecule has 116 valence electrons. The minimum atomic E-state index is -4.03. The number of carbonyl (C=O) groups excluding carboxylic acids is 1. The van der Waals surface area contributed by atoms with Gasteiger partial charge >= 0.3 is 5.97 Å². The van der Waals surface area contributed by atoms with Crippen molar-refractivity contribution in [3.8, 4) is 0 Å². The lowest BCUT2D eigenvalue weighted by Crippen LogP contribution is -2.31. The number of sulfonamides is 1. The van der Waals surface area contributed by atoms with E-state index in [0.717, 1.165) is 12.1 Å². The van der Waals surface area contributed by atoms with Crippen LogP contribution in [0.4, 0.5) is 5.69 Å². The van der Waals surface area contributed by atoms with E-state index in [1.807, 2.05) is 0 Å². The van der Waals surface area contributed by atoms with Crippen molar-refractivity contribution in [3.63, 3.8) is 0 Å². The van der Waals surface area contributed by atoms with E-state index in [9.17, 15) is 18.0 Å². The molecule has 0 aliphatic rings. The first kappa shape index (κ1) is 16.9. The Balaban J connectivity index is 2.88. The first-order valence-corrected chi connectivity index (χ1v) is 7.65. The number of hydrogen-bond donors (Lipinski definition) is 4. The third-order valence-electron chi connectivity index (χ3n) is 2.54. The van der Waals surface area contributed by atoms with Crippen LogP contribution >= 0.6 is 0 Å². The molecule has 0 fully saturated rings. The van der Waals surface area contributed by atoms with E-state index in [0.29, 0.717) is 6.54 Å². The largest absolute Gasteiger partial charge is 0.478 e. The number of nitrogens with two attached hydrogens (primary N) is 1. The summed E-state index contributed by atoms with van der Waals surface area (Å²) in [5.74, 6) is -1.69. The van der Waals surface area contributed by atoms with Gasteiger partial charge in [0.05, 0.1) is 10.5 Å². The van der Waals surface area contributed by atoms with Gasteiger partial charge in [0.2, 0.25) is 15.9 Å². The predicted molar refractivity (Wildman–Crippen MR) is 76.3 cm³/mol. The monoisotopic (exact) mass is 315 g/mol. The first-order valence-electron chi connectivity index (χ1n) is 6.17. The van der Waals surface area contributed by atoms with E-state index in [1.165, 1.54) is 6.07 Å². The van der Waals surface area contributed by atoms with Gasteiger partial charge in [-0.1, -0.05) is 0 Å². The minimum absolute atomic E-state index is 0.0373. The van der Waals surface area contributed by atoms with Gasteiger partial charge in [0, 0.05) is 25.2 Å². The van der Waals surface area contributed by atoms with Crippen LogP contribution in [0.1, 0.15) is 23.7 Å². The number of hydrogen-bond acceptors (Lipinski definition) is 5. The molecule has 1 aromatic carbocycles. The molecule has 0 aliphatic carbocycles. The fourth-order valence-electron chi connectivity index (χ4n) is 1.61. The lowest BCUT2D eigenvalue weighted by atomic mass is 10.2. The minimum Gasteiger partial charge on any atom is -0.478 e. The average molecular weight is 315 g/mol. The molecular formula is C12H17N3O5S. The number of rotatable bonds is 7. The van der Waals surface area contributed by atoms with Gasteiger partial charge in [-0.05, 0) is 25.1 Å². The van der Waals surface area contributed by atoms with Gasteiger partial charge in [0.1, 0.15) is 0 Å². The molecule has 21 heavy (non-hydrogen) atoms. The Hall–Kier alpha value is -2.13. The Kier molecular flexibility index (Phi) is 5.68. The molecule has 0 atom stereocenters. The van der Waals surface area contributed by atoms with Crippen molar-refractivity contribution in [1.82, 2.24) is 10.0 Å². The second-order valence-corrected chi connectivity index (χ2v) is 5.90. The van der Waals surface area contributed by atoms with E-state index < -0.39 is 21.6 Å². The third-order valence-corrected chi connectivity index (χ3v) is 4.06. The zero-order valence-electron chi connectivity index (χ0n) is 11.4. The van der Waals surface area contributed by atoms with Crippen LogP contribution in [0.25, 0.3) is 0 Å². The van der Waals surface area contributed by atoms with E-state index in [-0.39, 0.29) is 29.5 Å². The van der Waals surface area contributed by atoms with Crippen molar-refractivity contribution in [1.29, 1.82) is 0 Å². The summed E-state index contributed by atoms with van der Waals surface area (Å²) in [6, 6.07) is 3.48. The van der Waals surface area contributed by atoms with Crippen LogP contribution < -0.4 is 15.8 Å². The van der Waals surface area contributed by atoms with Crippen LogP contribution in [0, 0.1) is 0 Å². The fraction of sp³-hybridized carbons (Fsp3) is 0.333. The number of anilines is 1. The second-order valence-electron chi connectivity index (χ2n) is 4.16. The molecule has 0 saturated heterocycles. The van der Waals surface area contributed by atoms with Crippen LogP contribution in [0.15, 0.2) is 23.1 Å². The summed E-state index contributed by atoms with van der Waals surface area (Å²) < 4.78 is 26.3. The highest BCUT2D eigenvalue weighted by molar-refractivity contribution is 7.89. The maximum Gasteiger partial charge on any atom is 0.337 e.